The normalized spacial score (nSPS) is 20.9. The summed E-state index contributed by atoms with van der Waals surface area (Å²) in [4.78, 5) is 14.1. The van der Waals surface area contributed by atoms with Crippen molar-refractivity contribution in [2.45, 2.75) is 39.7 Å². The van der Waals surface area contributed by atoms with E-state index in [4.69, 9.17) is 0 Å². The third kappa shape index (κ3) is 2.87. The first-order chi connectivity index (χ1) is 9.35. The second-order valence-corrected chi connectivity index (χ2v) is 7.64. The van der Waals surface area contributed by atoms with Gasteiger partial charge in [-0.3, -0.25) is 4.79 Å². The van der Waals surface area contributed by atoms with E-state index in [1.807, 2.05) is 39.0 Å². The smallest absolute Gasteiger partial charge is 0.227 e. The SMILES string of the molecule is CCC(=O)N(c1c(C)cccc1C)C1CCS(=O)(=O)C1. The molecule has 1 aliphatic rings. The van der Waals surface area contributed by atoms with Crippen LogP contribution in [0.5, 0.6) is 0 Å². The Morgan fingerprint density at radius 2 is 1.90 bits per heavy atom. The Kier molecular flexibility index (Phi) is 4.18. The van der Waals surface area contributed by atoms with Gasteiger partial charge in [0.2, 0.25) is 5.91 Å². The number of carbonyl (C=O) groups excluding carboxylic acids is 1. The number of rotatable bonds is 3. The average Bonchev–Trinajstić information content (AvgIpc) is 2.73. The molecule has 1 aliphatic heterocycles. The fourth-order valence-electron chi connectivity index (χ4n) is 2.85. The molecule has 1 amide bonds. The molecule has 1 saturated heterocycles. The highest BCUT2D eigenvalue weighted by Crippen LogP contribution is 2.30. The highest BCUT2D eigenvalue weighted by atomic mass is 32.2. The van der Waals surface area contributed by atoms with Gasteiger partial charge in [-0.05, 0) is 31.4 Å². The first-order valence-electron chi connectivity index (χ1n) is 6.94. The lowest BCUT2D eigenvalue weighted by Crippen LogP contribution is -2.41. The second-order valence-electron chi connectivity index (χ2n) is 5.41. The number of amides is 1. The van der Waals surface area contributed by atoms with Gasteiger partial charge in [0.25, 0.3) is 0 Å². The molecule has 0 bridgehead atoms. The van der Waals surface area contributed by atoms with Gasteiger partial charge in [0.15, 0.2) is 9.84 Å². The van der Waals surface area contributed by atoms with Gasteiger partial charge < -0.3 is 4.90 Å². The van der Waals surface area contributed by atoms with Crippen molar-refractivity contribution in [3.8, 4) is 0 Å². The van der Waals surface area contributed by atoms with E-state index in [9.17, 15) is 13.2 Å². The van der Waals surface area contributed by atoms with Crippen LogP contribution in [0, 0.1) is 13.8 Å². The molecule has 4 nitrogen and oxygen atoms in total. The van der Waals surface area contributed by atoms with E-state index >= 15 is 0 Å². The monoisotopic (exact) mass is 295 g/mol. The summed E-state index contributed by atoms with van der Waals surface area (Å²) in [6.07, 6.45) is 0.909. The van der Waals surface area contributed by atoms with Gasteiger partial charge >= 0.3 is 0 Å². The number of sulfone groups is 1. The summed E-state index contributed by atoms with van der Waals surface area (Å²) in [7, 11) is -3.01. The zero-order valence-corrected chi connectivity index (χ0v) is 13.0. The van der Waals surface area contributed by atoms with E-state index < -0.39 is 9.84 Å². The Balaban J connectivity index is 2.46. The highest BCUT2D eigenvalue weighted by Gasteiger charge is 2.35. The summed E-state index contributed by atoms with van der Waals surface area (Å²) in [6, 6.07) is 5.64. The molecule has 1 unspecified atom stereocenters. The fraction of sp³-hybridized carbons (Fsp3) is 0.533. The molecule has 5 heteroatoms. The Morgan fingerprint density at radius 3 is 2.35 bits per heavy atom. The summed E-state index contributed by atoms with van der Waals surface area (Å²) in [5, 5.41) is 0. The molecule has 110 valence electrons. The quantitative estimate of drug-likeness (QED) is 0.859. The molecule has 1 atom stereocenters. The number of nitrogens with zero attached hydrogens (tertiary/aromatic N) is 1. The number of para-hydroxylation sites is 1. The minimum Gasteiger partial charge on any atom is -0.308 e. The second kappa shape index (κ2) is 5.56. The van der Waals surface area contributed by atoms with Crippen molar-refractivity contribution >= 4 is 21.4 Å². The van der Waals surface area contributed by atoms with E-state index in [0.717, 1.165) is 16.8 Å². The van der Waals surface area contributed by atoms with Gasteiger partial charge in [-0.1, -0.05) is 25.1 Å². The van der Waals surface area contributed by atoms with Crippen LogP contribution >= 0.6 is 0 Å². The average molecular weight is 295 g/mol. The van der Waals surface area contributed by atoms with Crippen LogP contribution < -0.4 is 4.90 Å². The number of anilines is 1. The first kappa shape index (κ1) is 15.0. The lowest BCUT2D eigenvalue weighted by molar-refractivity contribution is -0.118. The Hall–Kier alpha value is -1.36. The molecule has 0 N–H and O–H groups in total. The van der Waals surface area contributed by atoms with Gasteiger partial charge in [0, 0.05) is 12.1 Å². The van der Waals surface area contributed by atoms with Crippen LogP contribution in [-0.2, 0) is 14.6 Å². The molecule has 1 heterocycles. The van der Waals surface area contributed by atoms with Crippen molar-refractivity contribution in [3.63, 3.8) is 0 Å². The number of hydrogen-bond donors (Lipinski definition) is 0. The molecule has 1 fully saturated rings. The third-order valence-corrected chi connectivity index (χ3v) is 5.58. The summed E-state index contributed by atoms with van der Waals surface area (Å²) in [5.74, 6) is 0.243. The minimum atomic E-state index is -3.01. The molecule has 1 aromatic carbocycles. The lowest BCUT2D eigenvalue weighted by atomic mass is 10.0. The van der Waals surface area contributed by atoms with Gasteiger partial charge in [0.05, 0.1) is 17.5 Å². The van der Waals surface area contributed by atoms with Crippen LogP contribution in [-0.4, -0.2) is 31.9 Å². The van der Waals surface area contributed by atoms with Gasteiger partial charge in [-0.25, -0.2) is 8.42 Å². The van der Waals surface area contributed by atoms with E-state index in [0.29, 0.717) is 12.8 Å². The Morgan fingerprint density at radius 1 is 1.30 bits per heavy atom. The van der Waals surface area contributed by atoms with Crippen LogP contribution in [0.15, 0.2) is 18.2 Å². The summed E-state index contributed by atoms with van der Waals surface area (Å²) in [5.41, 5.74) is 2.90. The summed E-state index contributed by atoms with van der Waals surface area (Å²) in [6.45, 7) is 5.73. The predicted molar refractivity (Wildman–Crippen MR) is 80.8 cm³/mol. The zero-order valence-electron chi connectivity index (χ0n) is 12.2. The molecular formula is C15H21NO3S. The Labute approximate surface area is 120 Å². The van der Waals surface area contributed by atoms with Crippen LogP contribution in [0.2, 0.25) is 0 Å². The number of carbonyl (C=O) groups is 1. The van der Waals surface area contributed by atoms with Gasteiger partial charge in [-0.2, -0.15) is 0 Å². The van der Waals surface area contributed by atoms with Gasteiger partial charge in [-0.15, -0.1) is 0 Å². The fourth-order valence-corrected chi connectivity index (χ4v) is 4.55. The van der Waals surface area contributed by atoms with E-state index in [1.165, 1.54) is 0 Å². The first-order valence-corrected chi connectivity index (χ1v) is 8.76. The van der Waals surface area contributed by atoms with Crippen molar-refractivity contribution in [2.75, 3.05) is 16.4 Å². The molecule has 0 aromatic heterocycles. The number of hydrogen-bond acceptors (Lipinski definition) is 3. The van der Waals surface area contributed by atoms with Crippen molar-refractivity contribution in [2.24, 2.45) is 0 Å². The maximum absolute atomic E-state index is 12.3. The largest absolute Gasteiger partial charge is 0.308 e. The minimum absolute atomic E-state index is 0.00972. The predicted octanol–water partition coefficient (Wildman–Crippen LogP) is 2.23. The van der Waals surface area contributed by atoms with Crippen molar-refractivity contribution < 1.29 is 13.2 Å². The topological polar surface area (TPSA) is 54.5 Å². The number of benzene rings is 1. The molecule has 0 aliphatic carbocycles. The zero-order chi connectivity index (χ0) is 14.9. The molecule has 20 heavy (non-hydrogen) atoms. The molecule has 2 rings (SSSR count). The van der Waals surface area contributed by atoms with Crippen molar-refractivity contribution in [1.82, 2.24) is 0 Å². The molecular weight excluding hydrogens is 274 g/mol. The van der Waals surface area contributed by atoms with Crippen LogP contribution in [0.25, 0.3) is 0 Å². The van der Waals surface area contributed by atoms with Crippen LogP contribution in [0.3, 0.4) is 0 Å². The highest BCUT2D eigenvalue weighted by molar-refractivity contribution is 7.91. The lowest BCUT2D eigenvalue weighted by Gasteiger charge is -2.31. The molecule has 0 saturated carbocycles. The maximum Gasteiger partial charge on any atom is 0.227 e. The molecule has 0 spiro atoms. The van der Waals surface area contributed by atoms with Crippen LogP contribution in [0.4, 0.5) is 5.69 Å². The van der Waals surface area contributed by atoms with E-state index in [-0.39, 0.29) is 23.5 Å². The summed E-state index contributed by atoms with van der Waals surface area (Å²) < 4.78 is 23.4. The van der Waals surface area contributed by atoms with E-state index in [2.05, 4.69) is 0 Å². The maximum atomic E-state index is 12.3. The van der Waals surface area contributed by atoms with Gasteiger partial charge in [0.1, 0.15) is 0 Å². The number of aryl methyl sites for hydroxylation is 2. The summed E-state index contributed by atoms with van der Waals surface area (Å²) >= 11 is 0. The molecule has 1 aromatic rings. The van der Waals surface area contributed by atoms with Crippen molar-refractivity contribution in [3.05, 3.63) is 29.3 Å². The standard InChI is InChI=1S/C15H21NO3S/c1-4-14(17)16(13-8-9-20(18,19)10-13)15-11(2)6-5-7-12(15)3/h5-7,13H,4,8-10H2,1-3H3. The Bertz CT molecular complexity index is 602. The molecule has 0 radical (unpaired) electrons. The van der Waals surface area contributed by atoms with Crippen LogP contribution in [0.1, 0.15) is 30.9 Å². The third-order valence-electron chi connectivity index (χ3n) is 3.83. The van der Waals surface area contributed by atoms with E-state index in [1.54, 1.807) is 4.90 Å². The van der Waals surface area contributed by atoms with Crippen molar-refractivity contribution in [1.29, 1.82) is 0 Å².